The lowest BCUT2D eigenvalue weighted by Gasteiger charge is -2.15. The smallest absolute Gasteiger partial charge is 0.274 e. The molecule has 128 valence electrons. The van der Waals surface area contributed by atoms with E-state index in [2.05, 4.69) is 0 Å². The molecular formula is C16H10ClFN2O4S. The van der Waals surface area contributed by atoms with Gasteiger partial charge >= 0.3 is 5.69 Å². The Morgan fingerprint density at radius 3 is 2.52 bits per heavy atom. The largest absolute Gasteiger partial charge is 0.306 e. The molecule has 0 unspecified atom stereocenters. The molecule has 3 rings (SSSR count). The topological polar surface area (TPSA) is 80.5 Å². The number of imide groups is 1. The van der Waals surface area contributed by atoms with Crippen LogP contribution in [0.3, 0.4) is 0 Å². The Bertz CT molecular complexity index is 875. The lowest BCUT2D eigenvalue weighted by Crippen LogP contribution is -2.31. The maximum atomic E-state index is 13.5. The zero-order valence-electron chi connectivity index (χ0n) is 12.5. The van der Waals surface area contributed by atoms with Crippen molar-refractivity contribution in [2.45, 2.75) is 16.6 Å². The number of hydrogen-bond donors (Lipinski definition) is 0. The summed E-state index contributed by atoms with van der Waals surface area (Å²) in [4.78, 5) is 36.3. The molecule has 1 atom stereocenters. The summed E-state index contributed by atoms with van der Waals surface area (Å²) in [7, 11) is 0. The molecule has 1 aliphatic rings. The summed E-state index contributed by atoms with van der Waals surface area (Å²) in [6.45, 7) is 0. The van der Waals surface area contributed by atoms with E-state index in [-0.39, 0.29) is 12.1 Å². The molecule has 0 bridgehead atoms. The molecule has 0 aliphatic carbocycles. The Morgan fingerprint density at radius 2 is 1.88 bits per heavy atom. The fourth-order valence-corrected chi connectivity index (χ4v) is 3.60. The molecule has 1 fully saturated rings. The van der Waals surface area contributed by atoms with Gasteiger partial charge in [0.2, 0.25) is 17.6 Å². The molecular weight excluding hydrogens is 371 g/mol. The summed E-state index contributed by atoms with van der Waals surface area (Å²) in [5.74, 6) is -2.01. The minimum atomic E-state index is -1.03. The van der Waals surface area contributed by atoms with Gasteiger partial charge in [0.25, 0.3) is 0 Å². The summed E-state index contributed by atoms with van der Waals surface area (Å²) >= 11 is 7.02. The van der Waals surface area contributed by atoms with Crippen molar-refractivity contribution in [3.05, 3.63) is 63.4 Å². The number of carbonyl (C=O) groups is 2. The monoisotopic (exact) mass is 380 g/mol. The van der Waals surface area contributed by atoms with E-state index in [0.717, 1.165) is 21.9 Å². The van der Waals surface area contributed by atoms with Crippen LogP contribution in [0, 0.1) is 15.9 Å². The number of nitrogens with zero attached hydrogens (tertiary/aromatic N) is 2. The van der Waals surface area contributed by atoms with Gasteiger partial charge in [-0.05, 0) is 36.4 Å². The third-order valence-corrected chi connectivity index (χ3v) is 5.03. The number of nitro groups is 1. The molecule has 1 saturated heterocycles. The Balaban J connectivity index is 1.85. The second-order valence-electron chi connectivity index (χ2n) is 5.22. The van der Waals surface area contributed by atoms with Crippen molar-refractivity contribution < 1.29 is 18.9 Å². The number of benzene rings is 2. The quantitative estimate of drug-likeness (QED) is 0.457. The van der Waals surface area contributed by atoms with Gasteiger partial charge in [0.1, 0.15) is 0 Å². The average Bonchev–Trinajstić information content (AvgIpc) is 2.84. The van der Waals surface area contributed by atoms with Gasteiger partial charge in [-0.2, -0.15) is 4.39 Å². The van der Waals surface area contributed by atoms with Crippen LogP contribution in [0.2, 0.25) is 5.02 Å². The van der Waals surface area contributed by atoms with E-state index < -0.39 is 33.5 Å². The molecule has 1 heterocycles. The number of amides is 2. The highest BCUT2D eigenvalue weighted by Crippen LogP contribution is 2.35. The van der Waals surface area contributed by atoms with E-state index >= 15 is 0 Å². The van der Waals surface area contributed by atoms with Crippen molar-refractivity contribution in [1.29, 1.82) is 0 Å². The number of carbonyl (C=O) groups excluding carboxylic acids is 2. The van der Waals surface area contributed by atoms with Crippen LogP contribution in [-0.4, -0.2) is 22.0 Å². The van der Waals surface area contributed by atoms with Crippen molar-refractivity contribution >= 4 is 46.6 Å². The third-order valence-electron chi connectivity index (χ3n) is 3.58. The van der Waals surface area contributed by atoms with Gasteiger partial charge in [0.05, 0.1) is 15.9 Å². The predicted octanol–water partition coefficient (Wildman–Crippen LogP) is 3.81. The lowest BCUT2D eigenvalue weighted by molar-refractivity contribution is -0.387. The minimum Gasteiger partial charge on any atom is -0.274 e. The van der Waals surface area contributed by atoms with Crippen LogP contribution < -0.4 is 4.90 Å². The van der Waals surface area contributed by atoms with E-state index in [1.807, 2.05) is 0 Å². The van der Waals surface area contributed by atoms with E-state index in [1.54, 1.807) is 24.3 Å². The SMILES string of the molecule is O=C1C[C@@H](Sc2ccc(Cl)cc2)C(=O)N1c1ccc(F)c([N+](=O)[O-])c1. The summed E-state index contributed by atoms with van der Waals surface area (Å²) in [6.07, 6.45) is -0.0443. The number of halogens is 2. The second-order valence-corrected chi connectivity index (χ2v) is 6.94. The van der Waals surface area contributed by atoms with Gasteiger partial charge in [-0.1, -0.05) is 11.6 Å². The highest BCUT2D eigenvalue weighted by molar-refractivity contribution is 8.00. The number of anilines is 1. The molecule has 0 radical (unpaired) electrons. The zero-order valence-corrected chi connectivity index (χ0v) is 14.1. The van der Waals surface area contributed by atoms with Gasteiger partial charge in [-0.25, -0.2) is 4.90 Å². The van der Waals surface area contributed by atoms with Crippen molar-refractivity contribution in [1.82, 2.24) is 0 Å². The molecule has 0 saturated carbocycles. The number of thioether (sulfide) groups is 1. The van der Waals surface area contributed by atoms with Crippen LogP contribution in [0.15, 0.2) is 47.4 Å². The second kappa shape index (κ2) is 6.81. The number of rotatable bonds is 4. The first-order valence-corrected chi connectivity index (χ1v) is 8.35. The van der Waals surface area contributed by atoms with Crippen LogP contribution in [0.25, 0.3) is 0 Å². The lowest BCUT2D eigenvalue weighted by atomic mass is 10.2. The van der Waals surface area contributed by atoms with E-state index in [4.69, 9.17) is 11.6 Å². The highest BCUT2D eigenvalue weighted by Gasteiger charge is 2.40. The summed E-state index contributed by atoms with van der Waals surface area (Å²) in [5, 5.41) is 10.7. The Morgan fingerprint density at radius 1 is 1.20 bits per heavy atom. The first kappa shape index (κ1) is 17.4. The van der Waals surface area contributed by atoms with Crippen molar-refractivity contribution in [3.63, 3.8) is 0 Å². The molecule has 25 heavy (non-hydrogen) atoms. The van der Waals surface area contributed by atoms with Crippen molar-refractivity contribution in [3.8, 4) is 0 Å². The normalized spacial score (nSPS) is 17.2. The Kier molecular flexibility index (Phi) is 4.73. The van der Waals surface area contributed by atoms with Crippen LogP contribution >= 0.6 is 23.4 Å². The molecule has 2 aromatic rings. The minimum absolute atomic E-state index is 0.0118. The molecule has 6 nitrogen and oxygen atoms in total. The molecule has 9 heteroatoms. The third kappa shape index (κ3) is 3.49. The molecule has 0 spiro atoms. The molecule has 0 N–H and O–H groups in total. The maximum absolute atomic E-state index is 13.5. The van der Waals surface area contributed by atoms with Gasteiger partial charge < -0.3 is 0 Å². The number of nitro benzene ring substituents is 1. The Hall–Kier alpha value is -2.45. The summed E-state index contributed by atoms with van der Waals surface area (Å²) in [6, 6.07) is 9.74. The first-order chi connectivity index (χ1) is 11.9. The average molecular weight is 381 g/mol. The van der Waals surface area contributed by atoms with Gasteiger partial charge in [0, 0.05) is 22.4 Å². The van der Waals surface area contributed by atoms with E-state index in [9.17, 15) is 24.1 Å². The van der Waals surface area contributed by atoms with Crippen LogP contribution in [0.4, 0.5) is 15.8 Å². The summed E-state index contributed by atoms with van der Waals surface area (Å²) in [5.41, 5.74) is -0.797. The van der Waals surface area contributed by atoms with Crippen LogP contribution in [0.5, 0.6) is 0 Å². The molecule has 2 amide bonds. The zero-order chi connectivity index (χ0) is 18.1. The Labute approximate surface area is 150 Å². The maximum Gasteiger partial charge on any atom is 0.306 e. The number of hydrogen-bond acceptors (Lipinski definition) is 5. The van der Waals surface area contributed by atoms with Gasteiger partial charge in [0.15, 0.2) is 0 Å². The highest BCUT2D eigenvalue weighted by atomic mass is 35.5. The van der Waals surface area contributed by atoms with Crippen molar-refractivity contribution in [2.75, 3.05) is 4.90 Å². The molecule has 0 aromatic heterocycles. The van der Waals surface area contributed by atoms with Crippen LogP contribution in [0.1, 0.15) is 6.42 Å². The van der Waals surface area contributed by atoms with Crippen molar-refractivity contribution in [2.24, 2.45) is 0 Å². The van der Waals surface area contributed by atoms with Gasteiger partial charge in [-0.3, -0.25) is 19.7 Å². The molecule has 1 aliphatic heterocycles. The fraction of sp³-hybridized carbons (Fsp3) is 0.125. The van der Waals surface area contributed by atoms with E-state index in [0.29, 0.717) is 5.02 Å². The standard InChI is InChI=1S/C16H10ClFN2O4S/c17-9-1-4-11(5-2-9)25-14-8-15(21)19(16(14)22)10-3-6-12(18)13(7-10)20(23)24/h1-7,14H,8H2/t14-/m1/s1. The fourth-order valence-electron chi connectivity index (χ4n) is 2.42. The summed E-state index contributed by atoms with van der Waals surface area (Å²) < 4.78 is 13.5. The van der Waals surface area contributed by atoms with E-state index in [1.165, 1.54) is 17.8 Å². The predicted molar refractivity (Wildman–Crippen MR) is 91.3 cm³/mol. The first-order valence-electron chi connectivity index (χ1n) is 7.10. The van der Waals surface area contributed by atoms with Gasteiger partial charge in [-0.15, -0.1) is 11.8 Å². The molecule has 2 aromatic carbocycles. The van der Waals surface area contributed by atoms with Crippen LogP contribution in [-0.2, 0) is 9.59 Å².